The van der Waals surface area contributed by atoms with Gasteiger partial charge >= 0.3 is 182 Å². The van der Waals surface area contributed by atoms with Crippen molar-refractivity contribution in [3.8, 4) is 0 Å². The van der Waals surface area contributed by atoms with Crippen molar-refractivity contribution in [3.05, 3.63) is 48.5 Å². The summed E-state index contributed by atoms with van der Waals surface area (Å²) in [6.45, 7) is 14.1. The fraction of sp³-hybridized carbons (Fsp3) is 0.364. The maximum absolute atomic E-state index is 6.15. The van der Waals surface area contributed by atoms with Crippen LogP contribution in [0.25, 0.3) is 22.2 Å². The van der Waals surface area contributed by atoms with Crippen molar-refractivity contribution in [2.45, 2.75) is 58.8 Å². The third-order valence-corrected chi connectivity index (χ3v) is 45.2. The van der Waals surface area contributed by atoms with Crippen molar-refractivity contribution in [2.24, 2.45) is 0 Å². The Morgan fingerprint density at radius 2 is 1.03 bits per heavy atom. The normalized spacial score (nSPS) is 13.4. The van der Waals surface area contributed by atoms with Crippen molar-refractivity contribution in [1.82, 2.24) is 9.97 Å². The van der Waals surface area contributed by atoms with Gasteiger partial charge in [0, 0.05) is 0 Å². The van der Waals surface area contributed by atoms with E-state index in [1.54, 1.807) is 0 Å². The number of aromatic nitrogens is 2. The number of nitrogens with zero attached hydrogens (tertiary/aromatic N) is 2. The molecule has 0 saturated heterocycles. The molecule has 0 bridgehead atoms. The van der Waals surface area contributed by atoms with Crippen LogP contribution in [0.1, 0.15) is 41.5 Å². The zero-order chi connectivity index (χ0) is 20.9. The first-order valence-corrected chi connectivity index (χ1v) is 21.2. The van der Waals surface area contributed by atoms with Crippen molar-refractivity contribution >= 4 is 55.7 Å². The van der Waals surface area contributed by atoms with Crippen LogP contribution in [0.4, 0.5) is 0 Å². The first kappa shape index (κ1) is 21.1. The summed E-state index contributed by atoms with van der Waals surface area (Å²) in [5, 5.41) is 1.52. The van der Waals surface area contributed by atoms with E-state index in [1.807, 2.05) is 66.4 Å². The predicted octanol–water partition coefficient (Wildman–Crippen LogP) is 7.90. The van der Waals surface area contributed by atoms with Gasteiger partial charge in [0.2, 0.25) is 0 Å². The molecule has 0 spiro atoms. The zero-order valence-corrected chi connectivity index (χ0v) is 22.1. The first-order valence-electron chi connectivity index (χ1n) is 9.68. The van der Waals surface area contributed by atoms with Crippen LogP contribution in [0.5, 0.6) is 0 Å². The van der Waals surface area contributed by atoms with E-state index in [1.165, 1.54) is 0 Å². The van der Waals surface area contributed by atoms with E-state index < -0.39 is 15.6 Å². The molecule has 2 aromatic carbocycles. The van der Waals surface area contributed by atoms with Gasteiger partial charge in [-0.3, -0.25) is 0 Å². The van der Waals surface area contributed by atoms with Crippen LogP contribution in [0.3, 0.4) is 0 Å². The third-order valence-electron chi connectivity index (χ3n) is 4.99. The maximum atomic E-state index is 6.15. The third kappa shape index (κ3) is 3.95. The molecule has 4 rings (SSSR count). The number of para-hydroxylation sites is 4. The Hall–Kier alpha value is -1.12. The van der Waals surface area contributed by atoms with Gasteiger partial charge in [-0.15, -0.1) is 0 Å². The zero-order valence-electron chi connectivity index (χ0n) is 17.6. The van der Waals surface area contributed by atoms with Gasteiger partial charge in [-0.1, -0.05) is 0 Å². The molecule has 0 atom stereocenters. The van der Waals surface area contributed by atoms with Gasteiger partial charge in [0.1, 0.15) is 0 Å². The molecule has 0 aliphatic heterocycles. The number of hydrogen-bond acceptors (Lipinski definition) is 6. The Morgan fingerprint density at radius 1 is 0.655 bits per heavy atom. The van der Waals surface area contributed by atoms with Crippen molar-refractivity contribution in [2.75, 3.05) is 0 Å². The SMILES string of the molecule is C[C](C)(C)[Sn]([S]c1nc2ccccc2o1)([S]c1nc2ccccc2o1)[C](C)(C)C. The average Bonchev–Trinajstić information content (AvgIpc) is 3.21. The number of fused-ring (bicyclic) bond motifs is 2. The predicted molar refractivity (Wildman–Crippen MR) is 125 cm³/mol. The summed E-state index contributed by atoms with van der Waals surface area (Å²) >= 11 is -3.28. The number of hydrogen-bond donors (Lipinski definition) is 0. The Bertz CT molecular complexity index is 997. The van der Waals surface area contributed by atoms with Crippen molar-refractivity contribution in [3.63, 3.8) is 0 Å². The first-order chi connectivity index (χ1) is 13.6. The fourth-order valence-electron chi connectivity index (χ4n) is 3.79. The van der Waals surface area contributed by atoms with Crippen LogP contribution in [0.15, 0.2) is 67.8 Å². The van der Waals surface area contributed by atoms with Crippen molar-refractivity contribution in [1.29, 1.82) is 0 Å². The summed E-state index contributed by atoms with van der Waals surface area (Å²) in [6.07, 6.45) is 0. The van der Waals surface area contributed by atoms with E-state index >= 15 is 0 Å². The second-order valence-corrected chi connectivity index (χ2v) is 35.8. The van der Waals surface area contributed by atoms with E-state index in [2.05, 4.69) is 41.5 Å². The molecule has 0 unspecified atom stereocenters. The molecule has 0 fully saturated rings. The van der Waals surface area contributed by atoms with Gasteiger partial charge in [0.15, 0.2) is 0 Å². The van der Waals surface area contributed by atoms with Crippen LogP contribution in [-0.4, -0.2) is 25.6 Å². The monoisotopic (exact) mass is 534 g/mol. The summed E-state index contributed by atoms with van der Waals surface area (Å²) < 4.78 is 12.5. The Kier molecular flexibility index (Phi) is 5.49. The Morgan fingerprint density at radius 3 is 1.38 bits per heavy atom. The van der Waals surface area contributed by atoms with Gasteiger partial charge in [0.05, 0.1) is 0 Å². The molecule has 0 saturated carbocycles. The van der Waals surface area contributed by atoms with Gasteiger partial charge < -0.3 is 0 Å². The molecular formula is C22H26N2O2S2Sn. The van der Waals surface area contributed by atoms with Crippen LogP contribution in [0.2, 0.25) is 6.86 Å². The molecular weight excluding hydrogens is 507 g/mol. The van der Waals surface area contributed by atoms with Gasteiger partial charge in [0.25, 0.3) is 0 Å². The molecule has 0 aliphatic carbocycles. The molecule has 4 aromatic rings. The number of rotatable bonds is 4. The summed E-state index contributed by atoms with van der Waals surface area (Å²) in [6, 6.07) is 15.9. The van der Waals surface area contributed by atoms with Gasteiger partial charge in [-0.2, -0.15) is 0 Å². The van der Waals surface area contributed by atoms with E-state index in [0.717, 1.165) is 32.6 Å². The van der Waals surface area contributed by atoms with E-state index in [4.69, 9.17) is 18.8 Å². The molecule has 2 aromatic heterocycles. The van der Waals surface area contributed by atoms with Crippen LogP contribution in [-0.2, 0) is 0 Å². The quantitative estimate of drug-likeness (QED) is 0.249. The minimum atomic E-state index is -3.28. The summed E-state index contributed by atoms with van der Waals surface area (Å²) in [4.78, 5) is 9.59. The van der Waals surface area contributed by atoms with Crippen LogP contribution in [0, 0.1) is 0 Å². The molecule has 0 aliphatic rings. The molecule has 7 heteroatoms. The molecule has 0 radical (unpaired) electrons. The Labute approximate surface area is 181 Å². The van der Waals surface area contributed by atoms with Crippen molar-refractivity contribution < 1.29 is 8.83 Å². The minimum absolute atomic E-state index is 0.101. The number of oxazole rings is 2. The summed E-state index contributed by atoms with van der Waals surface area (Å²) in [7, 11) is 3.75. The summed E-state index contributed by atoms with van der Waals surface area (Å²) in [5.41, 5.74) is 3.49. The molecule has 2 heterocycles. The summed E-state index contributed by atoms with van der Waals surface area (Å²) in [5.74, 6) is 0. The van der Waals surface area contributed by atoms with E-state index in [9.17, 15) is 0 Å². The van der Waals surface area contributed by atoms with Crippen LogP contribution < -0.4 is 0 Å². The second-order valence-electron chi connectivity index (χ2n) is 9.22. The molecule has 0 N–H and O–H groups in total. The topological polar surface area (TPSA) is 52.1 Å². The van der Waals surface area contributed by atoms with E-state index in [-0.39, 0.29) is 6.86 Å². The Balaban J connectivity index is 1.81. The standard InChI is InChI=1S/2C7H5NOS.2C4H9.Sn/c2*10-7-8-5-3-1-2-4-6(5)9-7;2*1-4(2)3;/h2*1-4H,(H,8,10);2*1-3H3;/q;;;;+2/p-2. The van der Waals surface area contributed by atoms with Gasteiger partial charge in [-0.05, 0) is 0 Å². The van der Waals surface area contributed by atoms with Gasteiger partial charge in [-0.25, -0.2) is 0 Å². The number of benzene rings is 2. The molecule has 152 valence electrons. The molecule has 0 amide bonds. The fourth-order valence-corrected chi connectivity index (χ4v) is 32.8. The molecule has 4 nitrogen and oxygen atoms in total. The molecule has 29 heavy (non-hydrogen) atoms. The second kappa shape index (κ2) is 7.53. The van der Waals surface area contributed by atoms with Crippen LogP contribution >= 0.6 is 17.9 Å². The van der Waals surface area contributed by atoms with E-state index in [0.29, 0.717) is 0 Å². The average molecular weight is 533 g/mol.